The summed E-state index contributed by atoms with van der Waals surface area (Å²) in [7, 11) is 0. The van der Waals surface area contributed by atoms with Gasteiger partial charge < -0.3 is 15.1 Å². The minimum atomic E-state index is -0.257. The summed E-state index contributed by atoms with van der Waals surface area (Å²) in [4.78, 5) is 18.2. The maximum absolute atomic E-state index is 11.6. The third-order valence-corrected chi connectivity index (χ3v) is 5.60. The lowest BCUT2D eigenvalue weighted by atomic mass is 10.1. The van der Waals surface area contributed by atoms with Crippen LogP contribution in [0.4, 0.5) is 17.1 Å². The van der Waals surface area contributed by atoms with Gasteiger partial charge >= 0.3 is 0 Å². The van der Waals surface area contributed by atoms with E-state index in [0.717, 1.165) is 70.3 Å². The summed E-state index contributed by atoms with van der Waals surface area (Å²) in [5.74, 6) is 0. The molecule has 2 aliphatic rings. The number of hydrogen-bond acceptors (Lipinski definition) is 6. The molecule has 0 radical (unpaired) electrons. The van der Waals surface area contributed by atoms with Crippen molar-refractivity contribution in [3.63, 3.8) is 0 Å². The Labute approximate surface area is 165 Å². The maximum Gasteiger partial charge on any atom is 0.292 e. The summed E-state index contributed by atoms with van der Waals surface area (Å²) >= 11 is 0. The zero-order chi connectivity index (χ0) is 19.3. The van der Waals surface area contributed by atoms with Crippen LogP contribution < -0.4 is 15.1 Å². The van der Waals surface area contributed by atoms with Gasteiger partial charge in [-0.15, -0.1) is 0 Å². The summed E-state index contributed by atoms with van der Waals surface area (Å²) in [6, 6.07) is 16.0. The summed E-state index contributed by atoms with van der Waals surface area (Å²) in [6.07, 6.45) is 0. The van der Waals surface area contributed by atoms with Gasteiger partial charge in [-0.3, -0.25) is 15.0 Å². The molecule has 0 aromatic heterocycles. The van der Waals surface area contributed by atoms with E-state index in [1.807, 2.05) is 18.2 Å². The van der Waals surface area contributed by atoms with E-state index in [0.29, 0.717) is 0 Å². The van der Waals surface area contributed by atoms with Crippen LogP contribution >= 0.6 is 0 Å². The number of nitrogens with one attached hydrogen (secondary N) is 1. The quantitative estimate of drug-likeness (QED) is 0.633. The van der Waals surface area contributed by atoms with E-state index < -0.39 is 0 Å². The van der Waals surface area contributed by atoms with Gasteiger partial charge in [-0.25, -0.2) is 0 Å². The SMILES string of the molecule is O=[N+]([O-])c1ccc(N2CCNCC2)cc1N1CCN(Cc2ccccc2)CC1. The Morgan fingerprint density at radius 2 is 1.61 bits per heavy atom. The first-order valence-corrected chi connectivity index (χ1v) is 9.96. The molecule has 2 aromatic carbocycles. The van der Waals surface area contributed by atoms with Crippen LogP contribution in [0.3, 0.4) is 0 Å². The molecule has 0 bridgehead atoms. The standard InChI is InChI=1S/C21H27N5O2/c27-26(28)20-7-6-19(24-10-8-22-9-11-24)16-21(20)25-14-12-23(13-15-25)17-18-4-2-1-3-5-18/h1-7,16,22H,8-15,17H2. The molecule has 0 saturated carbocycles. The molecule has 148 valence electrons. The van der Waals surface area contributed by atoms with Crippen molar-refractivity contribution in [2.75, 3.05) is 62.2 Å². The molecule has 7 nitrogen and oxygen atoms in total. The van der Waals surface area contributed by atoms with Gasteiger partial charge in [0.05, 0.1) is 4.92 Å². The third kappa shape index (κ3) is 4.26. The van der Waals surface area contributed by atoms with Crippen molar-refractivity contribution in [1.82, 2.24) is 10.2 Å². The topological polar surface area (TPSA) is 64.9 Å². The number of anilines is 2. The normalized spacial score (nSPS) is 18.3. The molecule has 0 atom stereocenters. The van der Waals surface area contributed by atoms with Crippen LogP contribution in [0.1, 0.15) is 5.56 Å². The van der Waals surface area contributed by atoms with Crippen LogP contribution in [-0.4, -0.2) is 62.2 Å². The van der Waals surface area contributed by atoms with Crippen molar-refractivity contribution in [3.8, 4) is 0 Å². The van der Waals surface area contributed by atoms with Crippen LogP contribution in [0.5, 0.6) is 0 Å². The lowest BCUT2D eigenvalue weighted by Gasteiger charge is -2.36. The number of nitro groups is 1. The van der Waals surface area contributed by atoms with Crippen LogP contribution in [0.25, 0.3) is 0 Å². The van der Waals surface area contributed by atoms with Gasteiger partial charge in [0.2, 0.25) is 0 Å². The lowest BCUT2D eigenvalue weighted by Crippen LogP contribution is -2.46. The fourth-order valence-corrected chi connectivity index (χ4v) is 4.03. The van der Waals surface area contributed by atoms with E-state index >= 15 is 0 Å². The maximum atomic E-state index is 11.6. The van der Waals surface area contributed by atoms with E-state index in [2.05, 4.69) is 44.3 Å². The smallest absolute Gasteiger partial charge is 0.292 e. The van der Waals surface area contributed by atoms with Crippen molar-refractivity contribution in [2.45, 2.75) is 6.54 Å². The summed E-state index contributed by atoms with van der Waals surface area (Å²) in [5, 5.41) is 15.0. The molecule has 0 aliphatic carbocycles. The van der Waals surface area contributed by atoms with Gasteiger partial charge in [0.1, 0.15) is 5.69 Å². The summed E-state index contributed by atoms with van der Waals surface area (Å²) in [5.41, 5.74) is 3.34. The first kappa shape index (κ1) is 18.7. The van der Waals surface area contributed by atoms with Crippen LogP contribution in [0.15, 0.2) is 48.5 Å². The van der Waals surface area contributed by atoms with E-state index in [-0.39, 0.29) is 10.6 Å². The molecule has 0 unspecified atom stereocenters. The zero-order valence-electron chi connectivity index (χ0n) is 16.1. The van der Waals surface area contributed by atoms with E-state index in [9.17, 15) is 10.1 Å². The Balaban J connectivity index is 1.47. The monoisotopic (exact) mass is 381 g/mol. The van der Waals surface area contributed by atoms with E-state index in [1.54, 1.807) is 6.07 Å². The van der Waals surface area contributed by atoms with Gasteiger partial charge in [0, 0.05) is 70.7 Å². The number of nitrogens with zero attached hydrogens (tertiary/aromatic N) is 4. The first-order chi connectivity index (χ1) is 13.7. The fourth-order valence-electron chi connectivity index (χ4n) is 4.03. The summed E-state index contributed by atoms with van der Waals surface area (Å²) < 4.78 is 0. The Morgan fingerprint density at radius 1 is 0.893 bits per heavy atom. The van der Waals surface area contributed by atoms with Gasteiger partial charge in [-0.1, -0.05) is 30.3 Å². The number of nitro benzene ring substituents is 1. The average Bonchev–Trinajstić information content (AvgIpc) is 2.75. The highest BCUT2D eigenvalue weighted by Gasteiger charge is 2.25. The third-order valence-electron chi connectivity index (χ3n) is 5.60. The molecule has 7 heteroatoms. The molecule has 0 spiro atoms. The minimum Gasteiger partial charge on any atom is -0.369 e. The highest BCUT2D eigenvalue weighted by atomic mass is 16.6. The highest BCUT2D eigenvalue weighted by molar-refractivity contribution is 5.70. The zero-order valence-corrected chi connectivity index (χ0v) is 16.1. The van der Waals surface area contributed by atoms with Crippen molar-refractivity contribution in [3.05, 3.63) is 64.2 Å². The van der Waals surface area contributed by atoms with Gasteiger partial charge in [0.25, 0.3) is 5.69 Å². The predicted molar refractivity (Wildman–Crippen MR) is 112 cm³/mol. The second kappa shape index (κ2) is 8.58. The number of hydrogen-bond donors (Lipinski definition) is 1. The van der Waals surface area contributed by atoms with Crippen LogP contribution in [-0.2, 0) is 6.54 Å². The summed E-state index contributed by atoms with van der Waals surface area (Å²) in [6.45, 7) is 8.11. The Bertz CT molecular complexity index is 800. The predicted octanol–water partition coefficient (Wildman–Crippen LogP) is 2.33. The second-order valence-corrected chi connectivity index (χ2v) is 7.42. The van der Waals surface area contributed by atoms with Crippen molar-refractivity contribution in [2.24, 2.45) is 0 Å². The molecular weight excluding hydrogens is 354 g/mol. The molecule has 28 heavy (non-hydrogen) atoms. The van der Waals surface area contributed by atoms with Gasteiger partial charge in [-0.05, 0) is 17.7 Å². The Hall–Kier alpha value is -2.64. The Kier molecular flexibility index (Phi) is 5.73. The molecular formula is C21H27N5O2. The number of piperazine rings is 2. The Morgan fingerprint density at radius 3 is 2.29 bits per heavy atom. The van der Waals surface area contributed by atoms with Crippen molar-refractivity contribution < 1.29 is 4.92 Å². The number of rotatable bonds is 5. The second-order valence-electron chi connectivity index (χ2n) is 7.42. The highest BCUT2D eigenvalue weighted by Crippen LogP contribution is 2.33. The molecule has 2 aliphatic heterocycles. The molecule has 2 heterocycles. The molecule has 2 fully saturated rings. The minimum absolute atomic E-state index is 0.204. The van der Waals surface area contributed by atoms with E-state index in [4.69, 9.17) is 0 Å². The molecule has 1 N–H and O–H groups in total. The fraction of sp³-hybridized carbons (Fsp3) is 0.429. The molecule has 2 aromatic rings. The van der Waals surface area contributed by atoms with E-state index in [1.165, 1.54) is 5.56 Å². The largest absolute Gasteiger partial charge is 0.369 e. The van der Waals surface area contributed by atoms with Crippen molar-refractivity contribution in [1.29, 1.82) is 0 Å². The van der Waals surface area contributed by atoms with Gasteiger partial charge in [-0.2, -0.15) is 0 Å². The average molecular weight is 381 g/mol. The first-order valence-electron chi connectivity index (χ1n) is 9.96. The lowest BCUT2D eigenvalue weighted by molar-refractivity contribution is -0.384. The molecule has 0 amide bonds. The molecule has 2 saturated heterocycles. The van der Waals surface area contributed by atoms with Crippen LogP contribution in [0.2, 0.25) is 0 Å². The van der Waals surface area contributed by atoms with Crippen molar-refractivity contribution >= 4 is 17.1 Å². The molecule has 4 rings (SSSR count). The van der Waals surface area contributed by atoms with Crippen LogP contribution in [0, 0.1) is 10.1 Å². The van der Waals surface area contributed by atoms with Gasteiger partial charge in [0.15, 0.2) is 0 Å². The number of benzene rings is 2.